The van der Waals surface area contributed by atoms with Gasteiger partial charge in [0.2, 0.25) is 0 Å². The van der Waals surface area contributed by atoms with Crippen molar-refractivity contribution in [1.82, 2.24) is 0 Å². The van der Waals surface area contributed by atoms with E-state index in [-0.39, 0.29) is 0 Å². The molecule has 0 fully saturated rings. The van der Waals surface area contributed by atoms with Crippen molar-refractivity contribution in [2.24, 2.45) is 0 Å². The highest BCUT2D eigenvalue weighted by Gasteiger charge is 2.20. The van der Waals surface area contributed by atoms with E-state index in [1.165, 1.54) is 20.3 Å². The van der Waals surface area contributed by atoms with E-state index >= 15 is 0 Å². The van der Waals surface area contributed by atoms with Crippen LogP contribution < -0.4 is 0 Å². The van der Waals surface area contributed by atoms with Gasteiger partial charge in [-0.2, -0.15) is 0 Å². The average molecular weight is 194 g/mol. The largest absolute Gasteiger partial charge is 0.464 e. The molecule has 0 bridgehead atoms. The summed E-state index contributed by atoms with van der Waals surface area (Å²) in [5.41, 5.74) is 0. The third-order valence-corrected chi connectivity index (χ3v) is 1.85. The van der Waals surface area contributed by atoms with Crippen LogP contribution in [0, 0.1) is 0 Å². The van der Waals surface area contributed by atoms with Crippen LogP contribution >= 0.6 is 7.37 Å². The smallest absolute Gasteiger partial charge is 0.335 e. The van der Waals surface area contributed by atoms with Crippen molar-refractivity contribution in [1.29, 1.82) is 0 Å². The minimum atomic E-state index is -2.60. The summed E-state index contributed by atoms with van der Waals surface area (Å²) < 4.78 is 20.7. The monoisotopic (exact) mass is 194 g/mol. The number of carbonyl (C=O) groups is 1. The fraction of sp³-hybridized carbons (Fsp3) is 0.857. The predicted molar refractivity (Wildman–Crippen MR) is 46.6 cm³/mol. The first-order valence-electron chi connectivity index (χ1n) is 3.77. The first-order chi connectivity index (χ1) is 5.37. The number of ether oxygens (including phenoxy) is 1. The minimum absolute atomic E-state index is 0.310. The molecule has 0 aromatic carbocycles. The van der Waals surface area contributed by atoms with Crippen LogP contribution in [0.3, 0.4) is 0 Å². The van der Waals surface area contributed by atoms with E-state index in [4.69, 9.17) is 4.52 Å². The summed E-state index contributed by atoms with van der Waals surface area (Å²) in [5, 5.41) is 0. The molecule has 0 saturated heterocycles. The summed E-state index contributed by atoms with van der Waals surface area (Å²) >= 11 is 0. The molecule has 0 radical (unpaired) electrons. The Morgan fingerprint density at radius 2 is 2.00 bits per heavy atom. The number of esters is 1. The molecule has 0 aromatic heterocycles. The second-order valence-corrected chi connectivity index (χ2v) is 5.47. The summed E-state index contributed by atoms with van der Waals surface area (Å²) in [7, 11) is -2.60. The number of carbonyl (C=O) groups excluding carboxylic acids is 1. The van der Waals surface area contributed by atoms with Crippen LogP contribution in [0.2, 0.25) is 0 Å². The van der Waals surface area contributed by atoms with Gasteiger partial charge in [0.05, 0.1) is 6.61 Å². The molecule has 0 saturated carbocycles. The van der Waals surface area contributed by atoms with Crippen molar-refractivity contribution in [3.63, 3.8) is 0 Å². The molecular weight excluding hydrogens is 179 g/mol. The Morgan fingerprint density at radius 1 is 1.50 bits per heavy atom. The Kier molecular flexibility index (Phi) is 4.50. The van der Waals surface area contributed by atoms with Crippen LogP contribution in [0.15, 0.2) is 0 Å². The highest BCUT2D eigenvalue weighted by atomic mass is 31.2. The molecule has 5 heteroatoms. The van der Waals surface area contributed by atoms with Crippen LogP contribution in [0.4, 0.5) is 0 Å². The molecule has 0 heterocycles. The van der Waals surface area contributed by atoms with Gasteiger partial charge < -0.3 is 9.26 Å². The fourth-order valence-corrected chi connectivity index (χ4v) is 1.53. The Hall–Kier alpha value is -0.340. The summed E-state index contributed by atoms with van der Waals surface area (Å²) in [5.74, 6) is -0.471. The lowest BCUT2D eigenvalue weighted by atomic mass is 10.4. The van der Waals surface area contributed by atoms with E-state index in [9.17, 15) is 9.36 Å². The Balaban J connectivity index is 3.96. The predicted octanol–water partition coefficient (Wildman–Crippen LogP) is 1.49. The summed E-state index contributed by atoms with van der Waals surface area (Å²) in [4.78, 5) is 11.0. The summed E-state index contributed by atoms with van der Waals surface area (Å²) in [6, 6.07) is 0. The molecule has 1 atom stereocenters. The minimum Gasteiger partial charge on any atom is -0.464 e. The lowest BCUT2D eigenvalue weighted by Gasteiger charge is -2.14. The third kappa shape index (κ3) is 5.33. The average Bonchev–Trinajstić information content (AvgIpc) is 1.84. The first kappa shape index (κ1) is 11.7. The molecule has 0 amide bonds. The van der Waals surface area contributed by atoms with Crippen molar-refractivity contribution >= 4 is 13.3 Å². The van der Waals surface area contributed by atoms with Gasteiger partial charge in [0.25, 0.3) is 0 Å². The Labute approximate surface area is 72.7 Å². The van der Waals surface area contributed by atoms with Crippen LogP contribution in [0.25, 0.3) is 0 Å². The number of rotatable bonds is 4. The van der Waals surface area contributed by atoms with Gasteiger partial charge in [-0.3, -0.25) is 4.57 Å². The van der Waals surface area contributed by atoms with Crippen LogP contribution in [-0.2, 0) is 18.6 Å². The van der Waals surface area contributed by atoms with Crippen LogP contribution in [-0.4, -0.2) is 32.0 Å². The zero-order valence-electron chi connectivity index (χ0n) is 7.86. The fourth-order valence-electron chi connectivity index (χ4n) is 0.683. The van der Waals surface area contributed by atoms with Crippen molar-refractivity contribution < 1.29 is 18.6 Å². The molecular formula is C7H15O4P. The third-order valence-electron chi connectivity index (χ3n) is 1.03. The van der Waals surface area contributed by atoms with E-state index in [0.29, 0.717) is 6.61 Å². The normalized spacial score (nSPS) is 14.0. The van der Waals surface area contributed by atoms with E-state index in [0.717, 1.165) is 0 Å². The van der Waals surface area contributed by atoms with Gasteiger partial charge in [-0.25, -0.2) is 4.79 Å². The maximum atomic E-state index is 11.1. The maximum absolute atomic E-state index is 11.1. The topological polar surface area (TPSA) is 52.6 Å². The highest BCUT2D eigenvalue weighted by Crippen LogP contribution is 2.38. The SMILES string of the molecule is CCOC(=O)C(C)OP(C)(C)=O. The molecule has 0 aromatic rings. The van der Waals surface area contributed by atoms with Crippen LogP contribution in [0.5, 0.6) is 0 Å². The van der Waals surface area contributed by atoms with Crippen molar-refractivity contribution in [3.05, 3.63) is 0 Å². The molecule has 0 N–H and O–H groups in total. The molecule has 0 aliphatic heterocycles. The van der Waals surface area contributed by atoms with E-state index < -0.39 is 19.4 Å². The molecule has 0 aliphatic rings. The Bertz CT molecular complexity index is 196. The lowest BCUT2D eigenvalue weighted by molar-refractivity contribution is -0.150. The molecule has 0 aliphatic carbocycles. The van der Waals surface area contributed by atoms with Crippen molar-refractivity contribution in [3.8, 4) is 0 Å². The molecule has 0 spiro atoms. The van der Waals surface area contributed by atoms with Crippen molar-refractivity contribution in [2.75, 3.05) is 19.9 Å². The van der Waals surface area contributed by atoms with E-state index in [2.05, 4.69) is 4.74 Å². The second-order valence-electron chi connectivity index (χ2n) is 2.75. The molecule has 1 unspecified atom stereocenters. The Morgan fingerprint density at radius 3 is 2.33 bits per heavy atom. The quantitative estimate of drug-likeness (QED) is 0.502. The zero-order valence-corrected chi connectivity index (χ0v) is 8.76. The molecule has 72 valence electrons. The lowest BCUT2D eigenvalue weighted by Crippen LogP contribution is -2.21. The van der Waals surface area contributed by atoms with Gasteiger partial charge in [0, 0.05) is 13.3 Å². The number of hydrogen-bond acceptors (Lipinski definition) is 4. The van der Waals surface area contributed by atoms with Crippen molar-refractivity contribution in [2.45, 2.75) is 20.0 Å². The van der Waals surface area contributed by atoms with Gasteiger partial charge in [-0.05, 0) is 13.8 Å². The maximum Gasteiger partial charge on any atom is 0.335 e. The molecule has 12 heavy (non-hydrogen) atoms. The van der Waals surface area contributed by atoms with Gasteiger partial charge in [0.1, 0.15) is 0 Å². The number of hydrogen-bond donors (Lipinski definition) is 0. The van der Waals surface area contributed by atoms with E-state index in [1.54, 1.807) is 6.92 Å². The van der Waals surface area contributed by atoms with E-state index in [1.807, 2.05) is 0 Å². The van der Waals surface area contributed by atoms with Gasteiger partial charge in [-0.1, -0.05) is 0 Å². The highest BCUT2D eigenvalue weighted by molar-refractivity contribution is 7.57. The molecule has 4 nitrogen and oxygen atoms in total. The first-order valence-corrected chi connectivity index (χ1v) is 6.28. The molecule has 0 rings (SSSR count). The van der Waals surface area contributed by atoms with Crippen LogP contribution in [0.1, 0.15) is 13.8 Å². The summed E-state index contributed by atoms with van der Waals surface area (Å²) in [6.45, 7) is 6.47. The standard InChI is InChI=1S/C7H15O4P/c1-5-10-7(8)6(2)11-12(3,4)9/h6H,5H2,1-4H3. The van der Waals surface area contributed by atoms with Gasteiger partial charge >= 0.3 is 5.97 Å². The second kappa shape index (κ2) is 4.63. The van der Waals surface area contributed by atoms with Gasteiger partial charge in [0.15, 0.2) is 13.5 Å². The summed E-state index contributed by atoms with van der Waals surface area (Å²) in [6.07, 6.45) is -0.745. The van der Waals surface area contributed by atoms with Gasteiger partial charge in [-0.15, -0.1) is 0 Å². The zero-order chi connectivity index (χ0) is 9.78.